The molecule has 1 aromatic rings. The molecule has 2 rings (SSSR count). The third kappa shape index (κ3) is 4.31. The number of ether oxygens (including phenoxy) is 2. The van der Waals surface area contributed by atoms with Crippen molar-refractivity contribution in [3.8, 4) is 5.75 Å². The average molecular weight is 348 g/mol. The van der Waals surface area contributed by atoms with Gasteiger partial charge in [0.15, 0.2) is 0 Å². The predicted molar refractivity (Wildman–Crippen MR) is 95.4 cm³/mol. The molecular weight excluding hydrogens is 320 g/mol. The van der Waals surface area contributed by atoms with Gasteiger partial charge >= 0.3 is 0 Å². The van der Waals surface area contributed by atoms with Crippen molar-refractivity contribution in [3.63, 3.8) is 0 Å². The molecule has 138 valence electrons. The van der Waals surface area contributed by atoms with Crippen LogP contribution in [0.2, 0.25) is 0 Å². The Labute approximate surface area is 149 Å². The summed E-state index contributed by atoms with van der Waals surface area (Å²) in [6.45, 7) is 3.56. The molecule has 1 heterocycles. The Balaban J connectivity index is 2.35. The molecule has 1 aliphatic rings. The van der Waals surface area contributed by atoms with Crippen LogP contribution in [0, 0.1) is 5.92 Å². The minimum absolute atomic E-state index is 0.0517. The fourth-order valence-electron chi connectivity index (χ4n) is 3.44. The smallest absolute Gasteiger partial charge is 0.227 e. The molecule has 0 bridgehead atoms. The normalized spacial score (nSPS) is 20.5. The van der Waals surface area contributed by atoms with Gasteiger partial charge in [-0.3, -0.25) is 9.59 Å². The number of methoxy groups -OCH3 is 2. The first-order chi connectivity index (χ1) is 12.0. The number of hydrogen-bond donors (Lipinski definition) is 0. The van der Waals surface area contributed by atoms with Gasteiger partial charge in [-0.05, 0) is 31.0 Å². The molecule has 0 radical (unpaired) electrons. The van der Waals surface area contributed by atoms with E-state index in [0.29, 0.717) is 32.5 Å². The summed E-state index contributed by atoms with van der Waals surface area (Å²) in [4.78, 5) is 28.9. The summed E-state index contributed by atoms with van der Waals surface area (Å²) < 4.78 is 10.4. The van der Waals surface area contributed by atoms with Crippen LogP contribution < -0.4 is 4.74 Å². The molecule has 25 heavy (non-hydrogen) atoms. The summed E-state index contributed by atoms with van der Waals surface area (Å²) in [6.07, 6.45) is 0.968. The number of likely N-dealkylation sites (tertiary alicyclic amines) is 1. The van der Waals surface area contributed by atoms with Crippen LogP contribution in [0.5, 0.6) is 5.75 Å². The minimum Gasteiger partial charge on any atom is -0.497 e. The molecule has 6 nitrogen and oxygen atoms in total. The van der Waals surface area contributed by atoms with Crippen LogP contribution in [0.4, 0.5) is 0 Å². The highest BCUT2D eigenvalue weighted by atomic mass is 16.5. The molecule has 0 unspecified atom stereocenters. The number of hydrogen-bond acceptors (Lipinski definition) is 4. The SMILES string of the molecule is CCN1C(=O)CC[C@@H](C(=O)N(C)CCOC)[C@@H]1c1cccc(OC)c1. The number of carbonyl (C=O) groups excluding carboxylic acids is 2. The number of piperidine rings is 1. The van der Waals surface area contributed by atoms with Crippen LogP contribution in [0.15, 0.2) is 24.3 Å². The lowest BCUT2D eigenvalue weighted by Gasteiger charge is -2.41. The average Bonchev–Trinajstić information content (AvgIpc) is 2.65. The Bertz CT molecular complexity index is 605. The zero-order valence-corrected chi connectivity index (χ0v) is 15.5. The number of likely N-dealkylation sites (N-methyl/N-ethyl adjacent to an activating group) is 1. The van der Waals surface area contributed by atoms with Crippen LogP contribution in [0.3, 0.4) is 0 Å². The Kier molecular flexibility index (Phi) is 6.82. The van der Waals surface area contributed by atoms with Crippen molar-refractivity contribution in [2.24, 2.45) is 5.92 Å². The second kappa shape index (κ2) is 8.85. The van der Waals surface area contributed by atoms with E-state index in [1.54, 1.807) is 26.2 Å². The van der Waals surface area contributed by atoms with Gasteiger partial charge in [0.2, 0.25) is 11.8 Å². The molecule has 0 saturated carbocycles. The van der Waals surface area contributed by atoms with E-state index in [0.717, 1.165) is 11.3 Å². The quantitative estimate of drug-likeness (QED) is 0.757. The summed E-state index contributed by atoms with van der Waals surface area (Å²) in [5.74, 6) is 0.617. The number of nitrogens with zero attached hydrogens (tertiary/aromatic N) is 2. The highest BCUT2D eigenvalue weighted by Gasteiger charge is 2.41. The Morgan fingerprint density at radius 3 is 2.76 bits per heavy atom. The van der Waals surface area contributed by atoms with E-state index in [4.69, 9.17) is 9.47 Å². The maximum atomic E-state index is 13.0. The molecule has 0 aromatic heterocycles. The third-order valence-corrected chi connectivity index (χ3v) is 4.81. The molecular formula is C19H28N2O4. The van der Waals surface area contributed by atoms with Crippen LogP contribution in [-0.4, -0.2) is 62.6 Å². The van der Waals surface area contributed by atoms with Gasteiger partial charge in [0.1, 0.15) is 5.75 Å². The fourth-order valence-corrected chi connectivity index (χ4v) is 3.44. The first kappa shape index (κ1) is 19.2. The van der Waals surface area contributed by atoms with Crippen LogP contribution in [0.1, 0.15) is 31.4 Å². The largest absolute Gasteiger partial charge is 0.497 e. The zero-order valence-electron chi connectivity index (χ0n) is 15.5. The second-order valence-electron chi connectivity index (χ2n) is 6.30. The van der Waals surface area contributed by atoms with Crippen molar-refractivity contribution in [2.75, 3.05) is 41.0 Å². The highest BCUT2D eigenvalue weighted by molar-refractivity contribution is 5.85. The van der Waals surface area contributed by atoms with Crippen molar-refractivity contribution >= 4 is 11.8 Å². The summed E-state index contributed by atoms with van der Waals surface area (Å²) in [5, 5.41) is 0. The molecule has 2 amide bonds. The number of carbonyl (C=O) groups is 2. The van der Waals surface area contributed by atoms with Crippen molar-refractivity contribution in [3.05, 3.63) is 29.8 Å². The highest BCUT2D eigenvalue weighted by Crippen LogP contribution is 2.38. The van der Waals surface area contributed by atoms with Gasteiger partial charge in [0.25, 0.3) is 0 Å². The van der Waals surface area contributed by atoms with E-state index in [9.17, 15) is 9.59 Å². The number of rotatable bonds is 7. The van der Waals surface area contributed by atoms with Gasteiger partial charge in [-0.15, -0.1) is 0 Å². The van der Waals surface area contributed by atoms with E-state index in [1.165, 1.54) is 0 Å². The maximum Gasteiger partial charge on any atom is 0.227 e. The molecule has 0 aliphatic carbocycles. The van der Waals surface area contributed by atoms with Crippen LogP contribution in [-0.2, 0) is 14.3 Å². The van der Waals surface area contributed by atoms with Gasteiger partial charge in [-0.2, -0.15) is 0 Å². The van der Waals surface area contributed by atoms with Crippen molar-refractivity contribution in [1.82, 2.24) is 9.80 Å². The molecule has 1 aliphatic heterocycles. The van der Waals surface area contributed by atoms with E-state index in [-0.39, 0.29) is 23.8 Å². The predicted octanol–water partition coefficient (Wildman–Crippen LogP) is 2.10. The number of amides is 2. The molecule has 2 atom stereocenters. The van der Waals surface area contributed by atoms with Gasteiger partial charge in [-0.25, -0.2) is 0 Å². The Morgan fingerprint density at radius 2 is 2.12 bits per heavy atom. The van der Waals surface area contributed by atoms with Crippen molar-refractivity contribution < 1.29 is 19.1 Å². The second-order valence-corrected chi connectivity index (χ2v) is 6.30. The van der Waals surface area contributed by atoms with Gasteiger partial charge in [0.05, 0.1) is 25.7 Å². The standard InChI is InChI=1S/C19H28N2O4/c1-5-21-17(22)10-9-16(19(23)20(2)11-12-24-3)18(21)14-7-6-8-15(13-14)25-4/h6-8,13,16,18H,5,9-12H2,1-4H3/t16-,18+/m1/s1. The lowest BCUT2D eigenvalue weighted by atomic mass is 9.83. The Morgan fingerprint density at radius 1 is 1.36 bits per heavy atom. The van der Waals surface area contributed by atoms with Gasteiger partial charge in [-0.1, -0.05) is 12.1 Å². The molecule has 1 saturated heterocycles. The topological polar surface area (TPSA) is 59.1 Å². The van der Waals surface area contributed by atoms with E-state index in [2.05, 4.69) is 0 Å². The lowest BCUT2D eigenvalue weighted by Crippen LogP contribution is -2.48. The molecule has 0 N–H and O–H groups in total. The maximum absolute atomic E-state index is 13.0. The zero-order chi connectivity index (χ0) is 18.4. The first-order valence-electron chi connectivity index (χ1n) is 8.70. The summed E-state index contributed by atoms with van der Waals surface area (Å²) in [7, 11) is 5.02. The molecule has 6 heteroatoms. The molecule has 1 fully saturated rings. The van der Waals surface area contributed by atoms with Gasteiger partial charge < -0.3 is 19.3 Å². The van der Waals surface area contributed by atoms with Crippen LogP contribution in [0.25, 0.3) is 0 Å². The third-order valence-electron chi connectivity index (χ3n) is 4.81. The van der Waals surface area contributed by atoms with E-state index in [1.807, 2.05) is 36.1 Å². The minimum atomic E-state index is -0.265. The fraction of sp³-hybridized carbons (Fsp3) is 0.579. The summed E-state index contributed by atoms with van der Waals surface area (Å²) in [6, 6.07) is 7.38. The van der Waals surface area contributed by atoms with E-state index < -0.39 is 0 Å². The monoisotopic (exact) mass is 348 g/mol. The van der Waals surface area contributed by atoms with Gasteiger partial charge in [0, 0.05) is 33.7 Å². The summed E-state index contributed by atoms with van der Waals surface area (Å²) in [5.41, 5.74) is 0.938. The van der Waals surface area contributed by atoms with Crippen LogP contribution >= 0.6 is 0 Å². The molecule has 1 aromatic carbocycles. The van der Waals surface area contributed by atoms with Crippen molar-refractivity contribution in [1.29, 1.82) is 0 Å². The number of benzene rings is 1. The summed E-state index contributed by atoms with van der Waals surface area (Å²) >= 11 is 0. The molecule has 0 spiro atoms. The lowest BCUT2D eigenvalue weighted by molar-refractivity contribution is -0.147. The van der Waals surface area contributed by atoms with Crippen molar-refractivity contribution in [2.45, 2.75) is 25.8 Å². The van der Waals surface area contributed by atoms with E-state index >= 15 is 0 Å². The Hall–Kier alpha value is -2.08. The first-order valence-corrected chi connectivity index (χ1v) is 8.70.